The van der Waals surface area contributed by atoms with Gasteiger partial charge in [0.15, 0.2) is 0 Å². The number of aryl methyl sites for hydroxylation is 1. The van der Waals surface area contributed by atoms with E-state index in [0.717, 1.165) is 22.6 Å². The zero-order chi connectivity index (χ0) is 18.4. The summed E-state index contributed by atoms with van der Waals surface area (Å²) < 4.78 is 5.12. The Morgan fingerprint density at radius 2 is 1.85 bits per heavy atom. The summed E-state index contributed by atoms with van der Waals surface area (Å²) in [5.74, 6) is 1.10. The zero-order valence-electron chi connectivity index (χ0n) is 14.7. The van der Waals surface area contributed by atoms with Gasteiger partial charge in [0, 0.05) is 18.3 Å². The second-order valence-corrected chi connectivity index (χ2v) is 5.76. The van der Waals surface area contributed by atoms with Crippen LogP contribution in [0.25, 0.3) is 0 Å². The average Bonchev–Trinajstić information content (AvgIpc) is 2.68. The lowest BCUT2D eigenvalue weighted by atomic mass is 10.2. The average molecular weight is 348 g/mol. The molecule has 0 fully saturated rings. The van der Waals surface area contributed by atoms with Crippen molar-refractivity contribution in [1.82, 2.24) is 15.3 Å². The minimum atomic E-state index is -0.254. The van der Waals surface area contributed by atoms with Crippen molar-refractivity contribution < 1.29 is 9.53 Å². The Bertz CT molecular complexity index is 894. The highest BCUT2D eigenvalue weighted by molar-refractivity contribution is 5.92. The Balaban J connectivity index is 1.65. The summed E-state index contributed by atoms with van der Waals surface area (Å²) in [5, 5.41) is 6.07. The maximum atomic E-state index is 12.4. The van der Waals surface area contributed by atoms with Crippen LogP contribution in [0.5, 0.6) is 5.75 Å². The fraction of sp³-hybridized carbons (Fsp3) is 0.150. The van der Waals surface area contributed by atoms with Crippen LogP contribution < -0.4 is 15.4 Å². The topological polar surface area (TPSA) is 76.1 Å². The molecule has 2 aromatic carbocycles. The monoisotopic (exact) mass is 348 g/mol. The molecule has 1 amide bonds. The fourth-order valence-corrected chi connectivity index (χ4v) is 2.42. The molecule has 2 N–H and O–H groups in total. The van der Waals surface area contributed by atoms with Gasteiger partial charge in [0.05, 0.1) is 7.11 Å². The van der Waals surface area contributed by atoms with E-state index in [2.05, 4.69) is 20.6 Å². The van der Waals surface area contributed by atoms with Gasteiger partial charge in [0.25, 0.3) is 5.91 Å². The number of nitrogens with one attached hydrogen (secondary N) is 2. The van der Waals surface area contributed by atoms with E-state index in [-0.39, 0.29) is 5.91 Å². The van der Waals surface area contributed by atoms with Crippen molar-refractivity contribution in [3.63, 3.8) is 0 Å². The molecule has 0 saturated carbocycles. The molecule has 6 heteroatoms. The summed E-state index contributed by atoms with van der Waals surface area (Å²) in [6.45, 7) is 2.42. The first-order chi connectivity index (χ1) is 12.7. The largest absolute Gasteiger partial charge is 0.497 e. The van der Waals surface area contributed by atoms with Gasteiger partial charge in [-0.1, -0.05) is 30.3 Å². The number of ether oxygens (including phenoxy) is 1. The minimum Gasteiger partial charge on any atom is -0.497 e. The summed E-state index contributed by atoms with van der Waals surface area (Å²) in [6, 6.07) is 17.0. The van der Waals surface area contributed by atoms with Gasteiger partial charge in [0.1, 0.15) is 23.6 Å². The summed E-state index contributed by atoms with van der Waals surface area (Å²) in [4.78, 5) is 20.6. The Labute approximate surface area is 152 Å². The SMILES string of the molecule is COc1ccc(CNC(=O)c2cc(Nc3ccccc3C)ncn2)cc1. The first-order valence-electron chi connectivity index (χ1n) is 8.21. The second-order valence-electron chi connectivity index (χ2n) is 5.76. The maximum absolute atomic E-state index is 12.4. The quantitative estimate of drug-likeness (QED) is 0.713. The predicted octanol–water partition coefficient (Wildman–Crippen LogP) is 3.47. The van der Waals surface area contributed by atoms with Gasteiger partial charge in [-0.3, -0.25) is 4.79 Å². The van der Waals surface area contributed by atoms with Crippen molar-refractivity contribution in [2.24, 2.45) is 0 Å². The van der Waals surface area contributed by atoms with E-state index in [1.807, 2.05) is 55.5 Å². The molecule has 0 radical (unpaired) electrons. The molecule has 3 rings (SSSR count). The zero-order valence-corrected chi connectivity index (χ0v) is 14.7. The molecule has 1 aromatic heterocycles. The van der Waals surface area contributed by atoms with Gasteiger partial charge in [0.2, 0.25) is 0 Å². The van der Waals surface area contributed by atoms with E-state index < -0.39 is 0 Å². The molecular weight excluding hydrogens is 328 g/mol. The highest BCUT2D eigenvalue weighted by atomic mass is 16.5. The molecule has 6 nitrogen and oxygen atoms in total. The molecule has 0 aliphatic rings. The molecule has 0 unspecified atom stereocenters. The van der Waals surface area contributed by atoms with Crippen molar-refractivity contribution in [2.45, 2.75) is 13.5 Å². The molecule has 0 bridgehead atoms. The molecular formula is C20H20N4O2. The summed E-state index contributed by atoms with van der Waals surface area (Å²) in [7, 11) is 1.62. The number of methoxy groups -OCH3 is 1. The molecule has 132 valence electrons. The summed E-state index contributed by atoms with van der Waals surface area (Å²) >= 11 is 0. The molecule has 3 aromatic rings. The van der Waals surface area contributed by atoms with Crippen LogP contribution in [0.2, 0.25) is 0 Å². The number of nitrogens with zero attached hydrogens (tertiary/aromatic N) is 2. The Morgan fingerprint density at radius 3 is 2.58 bits per heavy atom. The van der Waals surface area contributed by atoms with Crippen molar-refractivity contribution in [3.8, 4) is 5.75 Å². The van der Waals surface area contributed by atoms with Crippen molar-refractivity contribution in [2.75, 3.05) is 12.4 Å². The third kappa shape index (κ3) is 4.36. The van der Waals surface area contributed by atoms with E-state index in [9.17, 15) is 4.79 Å². The van der Waals surface area contributed by atoms with Gasteiger partial charge >= 0.3 is 0 Å². The van der Waals surface area contributed by atoms with Crippen LogP contribution >= 0.6 is 0 Å². The molecule has 0 atom stereocenters. The number of carbonyl (C=O) groups is 1. The van der Waals surface area contributed by atoms with E-state index in [1.54, 1.807) is 13.2 Å². The molecule has 1 heterocycles. The second kappa shape index (κ2) is 8.11. The van der Waals surface area contributed by atoms with Crippen molar-refractivity contribution in [3.05, 3.63) is 77.7 Å². The minimum absolute atomic E-state index is 0.254. The lowest BCUT2D eigenvalue weighted by Gasteiger charge is -2.10. The first kappa shape index (κ1) is 17.4. The first-order valence-corrected chi connectivity index (χ1v) is 8.21. The smallest absolute Gasteiger partial charge is 0.270 e. The Hall–Kier alpha value is -3.41. The van der Waals surface area contributed by atoms with E-state index >= 15 is 0 Å². The third-order valence-electron chi connectivity index (χ3n) is 3.92. The van der Waals surface area contributed by atoms with Gasteiger partial charge in [-0.25, -0.2) is 9.97 Å². The van der Waals surface area contributed by atoms with E-state index in [4.69, 9.17) is 4.74 Å². The number of amides is 1. The normalized spacial score (nSPS) is 10.2. The highest BCUT2D eigenvalue weighted by Gasteiger charge is 2.09. The molecule has 0 aliphatic carbocycles. The van der Waals surface area contributed by atoms with Crippen molar-refractivity contribution >= 4 is 17.4 Å². The highest BCUT2D eigenvalue weighted by Crippen LogP contribution is 2.18. The summed E-state index contributed by atoms with van der Waals surface area (Å²) in [5.41, 5.74) is 3.32. The lowest BCUT2D eigenvalue weighted by molar-refractivity contribution is 0.0946. The Kier molecular flexibility index (Phi) is 5.43. The van der Waals surface area contributed by atoms with Gasteiger partial charge in [-0.05, 0) is 36.2 Å². The van der Waals surface area contributed by atoms with Crippen LogP contribution in [0.4, 0.5) is 11.5 Å². The number of aromatic nitrogens is 2. The number of benzene rings is 2. The van der Waals surface area contributed by atoms with Crippen molar-refractivity contribution in [1.29, 1.82) is 0 Å². The number of para-hydroxylation sites is 1. The number of rotatable bonds is 6. The molecule has 0 aliphatic heterocycles. The van der Waals surface area contributed by atoms with Crippen LogP contribution in [0.15, 0.2) is 60.9 Å². The fourth-order valence-electron chi connectivity index (χ4n) is 2.42. The summed E-state index contributed by atoms with van der Waals surface area (Å²) in [6.07, 6.45) is 1.38. The number of hydrogen-bond acceptors (Lipinski definition) is 5. The van der Waals surface area contributed by atoms with E-state index in [1.165, 1.54) is 6.33 Å². The van der Waals surface area contributed by atoms with Crippen LogP contribution in [0.1, 0.15) is 21.6 Å². The van der Waals surface area contributed by atoms with Gasteiger partial charge < -0.3 is 15.4 Å². The van der Waals surface area contributed by atoms with E-state index in [0.29, 0.717) is 18.1 Å². The standard InChI is InChI=1S/C20H20N4O2/c1-14-5-3-4-6-17(14)24-19-11-18(22-13-23-19)20(25)21-12-15-7-9-16(26-2)10-8-15/h3-11,13H,12H2,1-2H3,(H,21,25)(H,22,23,24). The van der Waals surface area contributed by atoms with Gasteiger partial charge in [-0.15, -0.1) is 0 Å². The Morgan fingerprint density at radius 1 is 1.08 bits per heavy atom. The number of carbonyl (C=O) groups excluding carboxylic acids is 1. The molecule has 0 spiro atoms. The number of anilines is 2. The maximum Gasteiger partial charge on any atom is 0.270 e. The van der Waals surface area contributed by atoms with Crippen LogP contribution in [0.3, 0.4) is 0 Å². The molecule has 26 heavy (non-hydrogen) atoms. The number of hydrogen-bond donors (Lipinski definition) is 2. The lowest BCUT2D eigenvalue weighted by Crippen LogP contribution is -2.24. The predicted molar refractivity (Wildman–Crippen MR) is 101 cm³/mol. The molecule has 0 saturated heterocycles. The van der Waals surface area contributed by atoms with Crippen LogP contribution in [0, 0.1) is 6.92 Å². The van der Waals surface area contributed by atoms with Crippen LogP contribution in [-0.2, 0) is 6.54 Å². The third-order valence-corrected chi connectivity index (χ3v) is 3.92. The van der Waals surface area contributed by atoms with Gasteiger partial charge in [-0.2, -0.15) is 0 Å². The van der Waals surface area contributed by atoms with Crippen LogP contribution in [-0.4, -0.2) is 23.0 Å².